The predicted molar refractivity (Wildman–Crippen MR) is 99.4 cm³/mol. The van der Waals surface area contributed by atoms with Crippen molar-refractivity contribution >= 4 is 34.2 Å². The van der Waals surface area contributed by atoms with Gasteiger partial charge in [-0.3, -0.25) is 14.9 Å². The smallest absolute Gasteiger partial charge is 0.270 e. The van der Waals surface area contributed by atoms with Crippen LogP contribution in [-0.2, 0) is 0 Å². The molecular weight excluding hydrogens is 423 g/mol. The lowest BCUT2D eigenvalue weighted by atomic mass is 10.0. The van der Waals surface area contributed by atoms with Crippen molar-refractivity contribution in [2.24, 2.45) is 0 Å². The molecule has 0 saturated heterocycles. The van der Waals surface area contributed by atoms with Crippen molar-refractivity contribution in [3.63, 3.8) is 0 Å². The van der Waals surface area contributed by atoms with Gasteiger partial charge in [0, 0.05) is 21.3 Å². The van der Waals surface area contributed by atoms with Gasteiger partial charge in [-0.1, -0.05) is 17.7 Å². The van der Waals surface area contributed by atoms with Gasteiger partial charge in [-0.2, -0.15) is 0 Å². The van der Waals surface area contributed by atoms with Gasteiger partial charge in [0.05, 0.1) is 23.6 Å². The van der Waals surface area contributed by atoms with Gasteiger partial charge in [-0.15, -0.1) is 0 Å². The number of benzene rings is 2. The number of hydrogen-bond donors (Lipinski definition) is 1. The Bertz CT molecular complexity index is 792. The summed E-state index contributed by atoms with van der Waals surface area (Å²) in [7, 11) is 1.58. The Balaban J connectivity index is 2.28. The van der Waals surface area contributed by atoms with E-state index >= 15 is 0 Å². The molecule has 2 aromatic carbocycles. The maximum absolute atomic E-state index is 12.5. The molecule has 24 heavy (non-hydrogen) atoms. The molecule has 7 heteroatoms. The van der Waals surface area contributed by atoms with Crippen LogP contribution in [0.2, 0.25) is 0 Å². The molecule has 0 fully saturated rings. The van der Waals surface area contributed by atoms with E-state index in [1.54, 1.807) is 13.2 Å². The molecule has 2 aromatic rings. The highest BCUT2D eigenvalue weighted by molar-refractivity contribution is 14.1. The molecule has 1 unspecified atom stereocenters. The van der Waals surface area contributed by atoms with E-state index in [2.05, 4.69) is 5.32 Å². The maximum atomic E-state index is 12.5. The van der Waals surface area contributed by atoms with Gasteiger partial charge in [-0.25, -0.2) is 0 Å². The topological polar surface area (TPSA) is 81.5 Å². The molecule has 0 bridgehead atoms. The number of amides is 1. The van der Waals surface area contributed by atoms with Crippen molar-refractivity contribution in [2.75, 3.05) is 7.11 Å². The second-order valence-corrected chi connectivity index (χ2v) is 6.52. The molecule has 6 nitrogen and oxygen atoms in total. The molecule has 1 N–H and O–H groups in total. The zero-order valence-corrected chi connectivity index (χ0v) is 15.7. The van der Waals surface area contributed by atoms with Gasteiger partial charge >= 0.3 is 0 Å². The van der Waals surface area contributed by atoms with E-state index in [1.165, 1.54) is 12.1 Å². The van der Waals surface area contributed by atoms with Gasteiger partial charge in [0.25, 0.3) is 11.6 Å². The minimum Gasteiger partial charge on any atom is -0.496 e. The first-order chi connectivity index (χ1) is 11.3. The molecule has 0 aliphatic rings. The fourth-order valence-electron chi connectivity index (χ4n) is 2.35. The highest BCUT2D eigenvalue weighted by Crippen LogP contribution is 2.27. The summed E-state index contributed by atoms with van der Waals surface area (Å²) >= 11 is 1.99. The summed E-state index contributed by atoms with van der Waals surface area (Å²) in [6.07, 6.45) is 0. The van der Waals surface area contributed by atoms with Crippen LogP contribution in [0.25, 0.3) is 0 Å². The number of ether oxygens (including phenoxy) is 1. The molecule has 0 radical (unpaired) electrons. The quantitative estimate of drug-likeness (QED) is 0.433. The van der Waals surface area contributed by atoms with Crippen molar-refractivity contribution < 1.29 is 14.5 Å². The fraction of sp³-hybridized carbons (Fsp3) is 0.235. The highest BCUT2D eigenvalue weighted by atomic mass is 127. The number of nitro groups is 1. The second kappa shape index (κ2) is 7.61. The van der Waals surface area contributed by atoms with Gasteiger partial charge < -0.3 is 10.1 Å². The lowest BCUT2D eigenvalue weighted by Gasteiger charge is -2.18. The standard InChI is InChI=1S/C17H17IN2O4/c1-10-4-7-16(24-3)13(8-10)11(2)19-17(21)14-9-12(20(22)23)5-6-15(14)18/h4-9,11H,1-3H3,(H,19,21). The van der Waals surface area contributed by atoms with Gasteiger partial charge in [0.1, 0.15) is 5.75 Å². The zero-order chi connectivity index (χ0) is 17.9. The molecule has 1 atom stereocenters. The Morgan fingerprint density at radius 2 is 2.00 bits per heavy atom. The summed E-state index contributed by atoms with van der Waals surface area (Å²) in [4.78, 5) is 22.9. The molecule has 126 valence electrons. The van der Waals surface area contributed by atoms with Crippen LogP contribution in [0.4, 0.5) is 5.69 Å². The Hall–Kier alpha value is -2.16. The molecular formula is C17H17IN2O4. The molecule has 0 heterocycles. The van der Waals surface area contributed by atoms with Crippen molar-refractivity contribution in [3.8, 4) is 5.75 Å². The number of nitro benzene ring substituents is 1. The van der Waals surface area contributed by atoms with Crippen LogP contribution in [0.1, 0.15) is 34.5 Å². The Kier molecular flexibility index (Phi) is 5.76. The monoisotopic (exact) mass is 440 g/mol. The van der Waals surface area contributed by atoms with Crippen molar-refractivity contribution in [2.45, 2.75) is 19.9 Å². The largest absolute Gasteiger partial charge is 0.496 e. The lowest BCUT2D eigenvalue weighted by Crippen LogP contribution is -2.27. The van der Waals surface area contributed by atoms with Crippen LogP contribution >= 0.6 is 22.6 Å². The summed E-state index contributed by atoms with van der Waals surface area (Å²) in [5.41, 5.74) is 2.08. The first kappa shape index (κ1) is 18.2. The van der Waals surface area contributed by atoms with Crippen LogP contribution in [0.15, 0.2) is 36.4 Å². The predicted octanol–water partition coefficient (Wildman–Crippen LogP) is 4.01. The van der Waals surface area contributed by atoms with Gasteiger partial charge in [0.15, 0.2) is 0 Å². The number of nitrogens with one attached hydrogen (secondary N) is 1. The van der Waals surface area contributed by atoms with Gasteiger partial charge in [0.2, 0.25) is 0 Å². The van der Waals surface area contributed by atoms with Crippen molar-refractivity contribution in [3.05, 3.63) is 66.8 Å². The van der Waals surface area contributed by atoms with Gasteiger partial charge in [-0.05, 0) is 48.6 Å². The summed E-state index contributed by atoms with van der Waals surface area (Å²) in [5.74, 6) is 0.321. The molecule has 0 saturated carbocycles. The number of non-ortho nitro benzene ring substituents is 1. The van der Waals surface area contributed by atoms with E-state index in [4.69, 9.17) is 4.74 Å². The van der Waals surface area contributed by atoms with E-state index in [-0.39, 0.29) is 23.2 Å². The third-order valence-electron chi connectivity index (χ3n) is 3.60. The molecule has 2 rings (SSSR count). The number of methoxy groups -OCH3 is 1. The number of carbonyl (C=O) groups excluding carboxylic acids is 1. The minimum absolute atomic E-state index is 0.110. The second-order valence-electron chi connectivity index (χ2n) is 5.36. The van der Waals surface area contributed by atoms with Crippen LogP contribution in [-0.4, -0.2) is 17.9 Å². The van der Waals surface area contributed by atoms with Crippen LogP contribution in [0.3, 0.4) is 0 Å². The number of aryl methyl sites for hydroxylation is 1. The minimum atomic E-state index is -0.514. The van der Waals surface area contributed by atoms with Crippen molar-refractivity contribution in [1.29, 1.82) is 0 Å². The Morgan fingerprint density at radius 3 is 2.62 bits per heavy atom. The number of rotatable bonds is 5. The normalized spacial score (nSPS) is 11.7. The summed E-state index contributed by atoms with van der Waals surface area (Å²) in [6.45, 7) is 3.81. The molecule has 0 aliphatic carbocycles. The third-order valence-corrected chi connectivity index (χ3v) is 4.55. The fourth-order valence-corrected chi connectivity index (χ4v) is 2.93. The van der Waals surface area contributed by atoms with Crippen LogP contribution in [0.5, 0.6) is 5.75 Å². The molecule has 0 aliphatic heterocycles. The summed E-state index contributed by atoms with van der Waals surface area (Å²) in [5, 5.41) is 13.8. The van der Waals surface area contributed by atoms with Crippen molar-refractivity contribution in [1.82, 2.24) is 5.32 Å². The Labute approximate surface area is 153 Å². The van der Waals surface area contributed by atoms with Crippen LogP contribution < -0.4 is 10.1 Å². The highest BCUT2D eigenvalue weighted by Gasteiger charge is 2.19. The average molecular weight is 440 g/mol. The van der Waals surface area contributed by atoms with E-state index in [0.717, 1.165) is 11.1 Å². The molecule has 0 aromatic heterocycles. The Morgan fingerprint density at radius 1 is 1.29 bits per heavy atom. The van der Waals surface area contributed by atoms with E-state index in [9.17, 15) is 14.9 Å². The summed E-state index contributed by atoms with van der Waals surface area (Å²) < 4.78 is 5.99. The van der Waals surface area contributed by atoms with E-state index in [0.29, 0.717) is 9.32 Å². The van der Waals surface area contributed by atoms with E-state index < -0.39 is 4.92 Å². The number of hydrogen-bond acceptors (Lipinski definition) is 4. The number of nitrogens with zero attached hydrogens (tertiary/aromatic N) is 1. The average Bonchev–Trinajstić information content (AvgIpc) is 2.54. The SMILES string of the molecule is COc1ccc(C)cc1C(C)NC(=O)c1cc([N+](=O)[O-])ccc1I. The number of carbonyl (C=O) groups is 1. The maximum Gasteiger partial charge on any atom is 0.270 e. The molecule has 1 amide bonds. The van der Waals surface area contributed by atoms with Crippen LogP contribution in [0, 0.1) is 20.6 Å². The summed E-state index contributed by atoms with van der Waals surface area (Å²) in [6, 6.07) is 9.66. The molecule has 0 spiro atoms. The number of halogens is 1. The first-order valence-electron chi connectivity index (χ1n) is 7.23. The van der Waals surface area contributed by atoms with E-state index in [1.807, 2.05) is 54.6 Å². The first-order valence-corrected chi connectivity index (χ1v) is 8.30. The zero-order valence-electron chi connectivity index (χ0n) is 13.5. The third kappa shape index (κ3) is 4.02. The lowest BCUT2D eigenvalue weighted by molar-refractivity contribution is -0.384.